The zero-order valence-corrected chi connectivity index (χ0v) is 12.0. The molecule has 0 amide bonds. The number of nitro groups is 1. The predicted molar refractivity (Wildman–Crippen MR) is 80.8 cm³/mol. The molecule has 0 bridgehead atoms. The minimum Gasteiger partial charge on any atom is -0.264 e. The maximum absolute atomic E-state index is 11.6. The van der Waals surface area contributed by atoms with E-state index in [1.54, 1.807) is 11.8 Å². The van der Waals surface area contributed by atoms with E-state index in [-0.39, 0.29) is 10.8 Å². The summed E-state index contributed by atoms with van der Waals surface area (Å²) < 4.78 is 0. The van der Waals surface area contributed by atoms with Gasteiger partial charge in [0.1, 0.15) is 0 Å². The smallest absolute Gasteiger partial charge is 0.246 e. The fourth-order valence-corrected chi connectivity index (χ4v) is 4.12. The van der Waals surface area contributed by atoms with E-state index in [2.05, 4.69) is 0 Å². The highest BCUT2D eigenvalue weighted by Gasteiger charge is 2.39. The molecule has 2 aromatic carbocycles. The molecular formula is C16H15NO2S. The normalized spacial score (nSPS) is 21.2. The first-order chi connectivity index (χ1) is 9.68. The molecule has 0 spiro atoms. The molecule has 0 radical (unpaired) electrons. The Balaban J connectivity index is 2.10. The van der Waals surface area contributed by atoms with Gasteiger partial charge in [-0.1, -0.05) is 42.5 Å². The number of rotatable bonds is 2. The van der Waals surface area contributed by atoms with Gasteiger partial charge in [0.15, 0.2) is 0 Å². The van der Waals surface area contributed by atoms with Crippen molar-refractivity contribution in [3.8, 4) is 0 Å². The van der Waals surface area contributed by atoms with E-state index >= 15 is 0 Å². The highest BCUT2D eigenvalue weighted by Crippen LogP contribution is 2.46. The average molecular weight is 285 g/mol. The van der Waals surface area contributed by atoms with Crippen molar-refractivity contribution in [1.29, 1.82) is 0 Å². The number of benzene rings is 2. The second-order valence-corrected chi connectivity index (χ2v) is 6.10. The summed E-state index contributed by atoms with van der Waals surface area (Å²) in [6, 6.07) is 15.0. The van der Waals surface area contributed by atoms with Crippen molar-refractivity contribution in [3.05, 3.63) is 75.3 Å². The largest absolute Gasteiger partial charge is 0.264 e. The molecule has 2 aromatic rings. The quantitative estimate of drug-likeness (QED) is 0.613. The van der Waals surface area contributed by atoms with Gasteiger partial charge < -0.3 is 0 Å². The van der Waals surface area contributed by atoms with Crippen LogP contribution in [0.5, 0.6) is 0 Å². The molecule has 20 heavy (non-hydrogen) atoms. The molecule has 3 nitrogen and oxygen atoms in total. The lowest BCUT2D eigenvalue weighted by atomic mass is 9.86. The zero-order valence-electron chi connectivity index (χ0n) is 11.2. The maximum atomic E-state index is 11.6. The lowest BCUT2D eigenvalue weighted by Crippen LogP contribution is -2.25. The lowest BCUT2D eigenvalue weighted by Gasteiger charge is -2.28. The molecule has 0 fully saturated rings. The van der Waals surface area contributed by atoms with Gasteiger partial charge in [-0.25, -0.2) is 0 Å². The number of aryl methyl sites for hydroxylation is 1. The van der Waals surface area contributed by atoms with E-state index in [1.807, 2.05) is 55.5 Å². The molecule has 0 saturated heterocycles. The Labute approximate surface area is 122 Å². The van der Waals surface area contributed by atoms with Crippen LogP contribution in [0.3, 0.4) is 0 Å². The van der Waals surface area contributed by atoms with E-state index < -0.39 is 6.04 Å². The maximum Gasteiger partial charge on any atom is 0.246 e. The standard InChI is InChI=1S/C16H15NO2S/c1-11-6-2-3-7-12(11)14-10-20-15-9-5-4-8-13(15)16(14)17(18)19/h2-9,14,16H,10H2,1H3. The Kier molecular flexibility index (Phi) is 3.49. The molecule has 3 rings (SSSR count). The molecule has 4 heteroatoms. The molecular weight excluding hydrogens is 270 g/mol. The molecule has 0 aliphatic carbocycles. The first-order valence-electron chi connectivity index (χ1n) is 6.59. The van der Waals surface area contributed by atoms with Crippen molar-refractivity contribution in [2.75, 3.05) is 5.75 Å². The molecule has 1 aliphatic rings. The van der Waals surface area contributed by atoms with Crippen molar-refractivity contribution in [1.82, 2.24) is 0 Å². The van der Waals surface area contributed by atoms with E-state index in [4.69, 9.17) is 0 Å². The Hall–Kier alpha value is -1.81. The van der Waals surface area contributed by atoms with Crippen LogP contribution in [0.1, 0.15) is 28.7 Å². The van der Waals surface area contributed by atoms with Crippen LogP contribution >= 0.6 is 11.8 Å². The average Bonchev–Trinajstić information content (AvgIpc) is 2.46. The van der Waals surface area contributed by atoms with Gasteiger partial charge >= 0.3 is 0 Å². The van der Waals surface area contributed by atoms with Gasteiger partial charge in [0.25, 0.3) is 0 Å². The Bertz CT molecular complexity index is 656. The minimum atomic E-state index is -0.645. The summed E-state index contributed by atoms with van der Waals surface area (Å²) in [7, 11) is 0. The molecule has 1 heterocycles. The van der Waals surface area contributed by atoms with Crippen molar-refractivity contribution >= 4 is 11.8 Å². The van der Waals surface area contributed by atoms with Gasteiger partial charge in [0, 0.05) is 21.1 Å². The third kappa shape index (κ3) is 2.20. The van der Waals surface area contributed by atoms with Gasteiger partial charge in [-0.15, -0.1) is 11.8 Å². The zero-order chi connectivity index (χ0) is 14.1. The molecule has 2 unspecified atom stereocenters. The Morgan fingerprint density at radius 3 is 2.45 bits per heavy atom. The number of nitrogens with zero attached hydrogens (tertiary/aromatic N) is 1. The summed E-state index contributed by atoms with van der Waals surface area (Å²) in [6.45, 7) is 2.03. The van der Waals surface area contributed by atoms with E-state index in [9.17, 15) is 10.1 Å². The fourth-order valence-electron chi connectivity index (χ4n) is 2.87. The Morgan fingerprint density at radius 1 is 1.10 bits per heavy atom. The van der Waals surface area contributed by atoms with Crippen molar-refractivity contribution in [2.24, 2.45) is 0 Å². The summed E-state index contributed by atoms with van der Waals surface area (Å²) >= 11 is 1.72. The highest BCUT2D eigenvalue weighted by atomic mass is 32.2. The topological polar surface area (TPSA) is 43.1 Å². The third-order valence-electron chi connectivity index (χ3n) is 3.85. The van der Waals surface area contributed by atoms with Gasteiger partial charge in [-0.05, 0) is 24.1 Å². The summed E-state index contributed by atoms with van der Waals surface area (Å²) in [6.07, 6.45) is 0. The summed E-state index contributed by atoms with van der Waals surface area (Å²) in [5, 5.41) is 11.6. The highest BCUT2D eigenvalue weighted by molar-refractivity contribution is 7.99. The van der Waals surface area contributed by atoms with Crippen LogP contribution < -0.4 is 0 Å². The van der Waals surface area contributed by atoms with Crippen LogP contribution in [0.4, 0.5) is 0 Å². The van der Waals surface area contributed by atoms with Crippen LogP contribution in [-0.4, -0.2) is 10.7 Å². The lowest BCUT2D eigenvalue weighted by molar-refractivity contribution is -0.533. The fraction of sp³-hybridized carbons (Fsp3) is 0.250. The SMILES string of the molecule is Cc1ccccc1C1CSc2ccccc2C1[N+](=O)[O-]. The van der Waals surface area contributed by atoms with Gasteiger partial charge in [0.2, 0.25) is 6.04 Å². The minimum absolute atomic E-state index is 0.0638. The van der Waals surface area contributed by atoms with Crippen LogP contribution in [0, 0.1) is 17.0 Å². The Morgan fingerprint density at radius 2 is 1.75 bits per heavy atom. The monoisotopic (exact) mass is 285 g/mol. The number of hydrogen-bond donors (Lipinski definition) is 0. The van der Waals surface area contributed by atoms with Crippen LogP contribution in [-0.2, 0) is 0 Å². The summed E-state index contributed by atoms with van der Waals surface area (Å²) in [4.78, 5) is 12.5. The van der Waals surface area contributed by atoms with Crippen LogP contribution in [0.15, 0.2) is 53.4 Å². The number of thioether (sulfide) groups is 1. The van der Waals surface area contributed by atoms with Crippen LogP contribution in [0.25, 0.3) is 0 Å². The number of hydrogen-bond acceptors (Lipinski definition) is 3. The van der Waals surface area contributed by atoms with Crippen molar-refractivity contribution < 1.29 is 4.92 Å². The number of fused-ring (bicyclic) bond motifs is 1. The third-order valence-corrected chi connectivity index (χ3v) is 5.06. The van der Waals surface area contributed by atoms with E-state index in [0.717, 1.165) is 27.3 Å². The van der Waals surface area contributed by atoms with Crippen molar-refractivity contribution in [2.45, 2.75) is 23.8 Å². The predicted octanol–water partition coefficient (Wildman–Crippen LogP) is 4.20. The second-order valence-electron chi connectivity index (χ2n) is 5.04. The van der Waals surface area contributed by atoms with E-state index in [1.165, 1.54) is 0 Å². The van der Waals surface area contributed by atoms with Gasteiger partial charge in [-0.2, -0.15) is 0 Å². The first kappa shape index (κ1) is 13.2. The van der Waals surface area contributed by atoms with E-state index in [0.29, 0.717) is 0 Å². The van der Waals surface area contributed by atoms with Gasteiger partial charge in [0.05, 0.1) is 5.92 Å². The molecule has 2 atom stereocenters. The van der Waals surface area contributed by atoms with Crippen molar-refractivity contribution in [3.63, 3.8) is 0 Å². The molecule has 0 N–H and O–H groups in total. The molecule has 1 aliphatic heterocycles. The molecule has 0 aromatic heterocycles. The molecule has 0 saturated carbocycles. The second kappa shape index (κ2) is 5.29. The summed E-state index contributed by atoms with van der Waals surface area (Å²) in [5.41, 5.74) is 3.07. The van der Waals surface area contributed by atoms with Crippen LogP contribution in [0.2, 0.25) is 0 Å². The summed E-state index contributed by atoms with van der Waals surface area (Å²) in [5.74, 6) is 0.694. The molecule has 102 valence electrons. The van der Waals surface area contributed by atoms with Gasteiger partial charge in [-0.3, -0.25) is 10.1 Å². The first-order valence-corrected chi connectivity index (χ1v) is 7.58.